The van der Waals surface area contributed by atoms with Crippen LogP contribution in [0, 0.1) is 0 Å². The Hall–Kier alpha value is -2.18. The molecule has 0 saturated heterocycles. The normalized spacial score (nSPS) is 16.5. The molecular formula is C19H22N2O3S. The van der Waals surface area contributed by atoms with Crippen LogP contribution in [0.3, 0.4) is 0 Å². The first-order valence-electron chi connectivity index (χ1n) is 8.37. The molecule has 0 atom stereocenters. The molecule has 0 unspecified atom stereocenters. The molecule has 1 saturated carbocycles. The van der Waals surface area contributed by atoms with E-state index in [0.717, 1.165) is 25.7 Å². The predicted molar refractivity (Wildman–Crippen MR) is 96.7 cm³/mol. The minimum absolute atomic E-state index is 0.000554. The lowest BCUT2D eigenvalue weighted by atomic mass is 9.79. The van der Waals surface area contributed by atoms with Crippen LogP contribution in [0.1, 0.15) is 41.6 Å². The van der Waals surface area contributed by atoms with Crippen LogP contribution in [0.2, 0.25) is 0 Å². The van der Waals surface area contributed by atoms with Crippen molar-refractivity contribution < 1.29 is 13.2 Å². The fourth-order valence-electron chi connectivity index (χ4n) is 3.56. The first kappa shape index (κ1) is 17.6. The molecule has 1 aliphatic rings. The lowest BCUT2D eigenvalue weighted by molar-refractivity contribution is 0.0943. The van der Waals surface area contributed by atoms with Crippen LogP contribution in [0.5, 0.6) is 0 Å². The maximum absolute atomic E-state index is 12.4. The Morgan fingerprint density at radius 3 is 2.16 bits per heavy atom. The fraction of sp³-hybridized carbons (Fsp3) is 0.316. The van der Waals surface area contributed by atoms with Crippen LogP contribution in [0.4, 0.5) is 0 Å². The molecule has 3 N–H and O–H groups in total. The molecule has 3 rings (SSSR count). The summed E-state index contributed by atoms with van der Waals surface area (Å²) < 4.78 is 22.6. The van der Waals surface area contributed by atoms with Gasteiger partial charge >= 0.3 is 0 Å². The van der Waals surface area contributed by atoms with Crippen molar-refractivity contribution in [3.63, 3.8) is 0 Å². The Kier molecular flexibility index (Phi) is 4.92. The molecule has 1 fully saturated rings. The summed E-state index contributed by atoms with van der Waals surface area (Å²) in [5.74, 6) is -0.205. The number of rotatable bonds is 5. The molecule has 0 aromatic heterocycles. The summed E-state index contributed by atoms with van der Waals surface area (Å²) in [6.45, 7) is 0.576. The average molecular weight is 358 g/mol. The van der Waals surface area contributed by atoms with E-state index >= 15 is 0 Å². The molecule has 6 heteroatoms. The second-order valence-electron chi connectivity index (χ2n) is 6.61. The van der Waals surface area contributed by atoms with Gasteiger partial charge in [0.25, 0.3) is 5.91 Å². The molecule has 2 aromatic rings. The zero-order valence-electron chi connectivity index (χ0n) is 13.9. The summed E-state index contributed by atoms with van der Waals surface area (Å²) >= 11 is 0. The zero-order valence-corrected chi connectivity index (χ0v) is 14.8. The molecule has 2 aromatic carbocycles. The lowest BCUT2D eigenvalue weighted by Crippen LogP contribution is -2.39. The SMILES string of the molecule is NS(=O)(=O)c1ccc(C(=O)NCC2(c3ccccc3)CCCC2)cc1. The van der Waals surface area contributed by atoms with Crippen LogP contribution in [-0.2, 0) is 15.4 Å². The Labute approximate surface area is 148 Å². The van der Waals surface area contributed by atoms with Gasteiger partial charge in [-0.2, -0.15) is 0 Å². The predicted octanol–water partition coefficient (Wildman–Crippen LogP) is 2.58. The minimum atomic E-state index is -3.75. The lowest BCUT2D eigenvalue weighted by Gasteiger charge is -2.30. The largest absolute Gasteiger partial charge is 0.351 e. The molecule has 0 bridgehead atoms. The molecule has 5 nitrogen and oxygen atoms in total. The quantitative estimate of drug-likeness (QED) is 0.861. The van der Waals surface area contributed by atoms with Crippen molar-refractivity contribution in [1.82, 2.24) is 5.32 Å². The van der Waals surface area contributed by atoms with Gasteiger partial charge in [0.05, 0.1) is 4.90 Å². The average Bonchev–Trinajstić information content (AvgIpc) is 3.10. The van der Waals surface area contributed by atoms with Crippen LogP contribution in [0.25, 0.3) is 0 Å². The molecule has 1 aliphatic carbocycles. The summed E-state index contributed by atoms with van der Waals surface area (Å²) in [4.78, 5) is 12.4. The molecule has 25 heavy (non-hydrogen) atoms. The van der Waals surface area contributed by atoms with Gasteiger partial charge in [0.2, 0.25) is 10.0 Å². The highest BCUT2D eigenvalue weighted by molar-refractivity contribution is 7.89. The van der Waals surface area contributed by atoms with Gasteiger partial charge in [-0.1, -0.05) is 43.2 Å². The van der Waals surface area contributed by atoms with E-state index in [0.29, 0.717) is 12.1 Å². The molecule has 1 amide bonds. The Balaban J connectivity index is 1.72. The van der Waals surface area contributed by atoms with E-state index in [1.54, 1.807) is 0 Å². The summed E-state index contributed by atoms with van der Waals surface area (Å²) in [6, 6.07) is 16.0. The van der Waals surface area contributed by atoms with Crippen molar-refractivity contribution in [1.29, 1.82) is 0 Å². The first-order chi connectivity index (χ1) is 11.9. The number of carbonyl (C=O) groups is 1. The highest BCUT2D eigenvalue weighted by atomic mass is 32.2. The van der Waals surface area contributed by atoms with Gasteiger partial charge in [-0.25, -0.2) is 13.6 Å². The summed E-state index contributed by atoms with van der Waals surface area (Å²) in [7, 11) is -3.75. The van der Waals surface area contributed by atoms with E-state index < -0.39 is 10.0 Å². The molecular weight excluding hydrogens is 336 g/mol. The van der Waals surface area contributed by atoms with Gasteiger partial charge in [-0.15, -0.1) is 0 Å². The van der Waals surface area contributed by atoms with Crippen LogP contribution in [-0.4, -0.2) is 20.9 Å². The number of amides is 1. The van der Waals surface area contributed by atoms with Crippen LogP contribution >= 0.6 is 0 Å². The van der Waals surface area contributed by atoms with Gasteiger partial charge < -0.3 is 5.32 Å². The molecule has 0 heterocycles. The molecule has 0 radical (unpaired) electrons. The summed E-state index contributed by atoms with van der Waals surface area (Å²) in [6.07, 6.45) is 4.44. The monoisotopic (exact) mass is 358 g/mol. The third-order valence-electron chi connectivity index (χ3n) is 4.98. The van der Waals surface area contributed by atoms with E-state index in [-0.39, 0.29) is 16.2 Å². The minimum Gasteiger partial charge on any atom is -0.351 e. The van der Waals surface area contributed by atoms with E-state index in [1.165, 1.54) is 29.8 Å². The molecule has 0 aliphatic heterocycles. The fourth-order valence-corrected chi connectivity index (χ4v) is 4.07. The van der Waals surface area contributed by atoms with E-state index in [4.69, 9.17) is 5.14 Å². The van der Waals surface area contributed by atoms with E-state index in [9.17, 15) is 13.2 Å². The zero-order chi connectivity index (χ0) is 17.9. The smallest absolute Gasteiger partial charge is 0.251 e. The van der Waals surface area contributed by atoms with E-state index in [1.807, 2.05) is 18.2 Å². The van der Waals surface area contributed by atoms with E-state index in [2.05, 4.69) is 17.4 Å². The topological polar surface area (TPSA) is 89.3 Å². The number of primary sulfonamides is 1. The van der Waals surface area contributed by atoms with Crippen molar-refractivity contribution in [2.75, 3.05) is 6.54 Å². The number of carbonyl (C=O) groups excluding carboxylic acids is 1. The number of benzene rings is 2. The second-order valence-corrected chi connectivity index (χ2v) is 8.17. The van der Waals surface area contributed by atoms with Crippen molar-refractivity contribution >= 4 is 15.9 Å². The van der Waals surface area contributed by atoms with Crippen molar-refractivity contribution in [3.8, 4) is 0 Å². The number of hydrogen-bond acceptors (Lipinski definition) is 3. The van der Waals surface area contributed by atoms with Gasteiger partial charge in [0.1, 0.15) is 0 Å². The second kappa shape index (κ2) is 6.98. The number of nitrogens with two attached hydrogens (primary N) is 1. The van der Waals surface area contributed by atoms with Gasteiger partial charge in [0.15, 0.2) is 0 Å². The van der Waals surface area contributed by atoms with Crippen molar-refractivity contribution in [3.05, 3.63) is 65.7 Å². The van der Waals surface area contributed by atoms with Crippen molar-refractivity contribution in [2.45, 2.75) is 36.0 Å². The van der Waals surface area contributed by atoms with Crippen molar-refractivity contribution in [2.24, 2.45) is 5.14 Å². The van der Waals surface area contributed by atoms with Gasteiger partial charge in [-0.05, 0) is 42.7 Å². The number of hydrogen-bond donors (Lipinski definition) is 2. The third kappa shape index (κ3) is 3.91. The Morgan fingerprint density at radius 1 is 1.00 bits per heavy atom. The van der Waals surface area contributed by atoms with Gasteiger partial charge in [-0.3, -0.25) is 4.79 Å². The number of sulfonamides is 1. The maximum atomic E-state index is 12.4. The first-order valence-corrected chi connectivity index (χ1v) is 9.92. The third-order valence-corrected chi connectivity index (χ3v) is 5.91. The Morgan fingerprint density at radius 2 is 1.60 bits per heavy atom. The van der Waals surface area contributed by atoms with Crippen LogP contribution < -0.4 is 10.5 Å². The Bertz CT molecular complexity index is 840. The maximum Gasteiger partial charge on any atom is 0.251 e. The standard InChI is InChI=1S/C19H22N2O3S/c20-25(23,24)17-10-8-15(9-11-17)18(22)21-14-19(12-4-5-13-19)16-6-2-1-3-7-16/h1-3,6-11H,4-5,12-14H2,(H,21,22)(H2,20,23,24). The highest BCUT2D eigenvalue weighted by Crippen LogP contribution is 2.40. The molecule has 132 valence electrons. The van der Waals surface area contributed by atoms with Gasteiger partial charge in [0, 0.05) is 17.5 Å². The summed E-state index contributed by atoms with van der Waals surface area (Å²) in [5.41, 5.74) is 1.67. The van der Waals surface area contributed by atoms with Crippen LogP contribution in [0.15, 0.2) is 59.5 Å². The number of nitrogens with one attached hydrogen (secondary N) is 1. The highest BCUT2D eigenvalue weighted by Gasteiger charge is 2.35. The summed E-state index contributed by atoms with van der Waals surface area (Å²) in [5, 5.41) is 8.10. The molecule has 0 spiro atoms.